The zero-order valence-electron chi connectivity index (χ0n) is 17.2. The number of esters is 1. The molecule has 0 unspecified atom stereocenters. The fraction of sp³-hybridized carbons (Fsp3) is 0.160. The number of amides is 2. The molecule has 0 aromatic heterocycles. The molecule has 0 atom stereocenters. The van der Waals surface area contributed by atoms with Gasteiger partial charge < -0.3 is 20.1 Å². The highest BCUT2D eigenvalue weighted by Gasteiger charge is 2.24. The van der Waals surface area contributed by atoms with Gasteiger partial charge in [-0.1, -0.05) is 36.4 Å². The SMILES string of the molecule is O=C(COC(=O)c1ccccc1Oc1ccccc1)Nc1cccc(C(=O)NC2CC2)c1. The Morgan fingerprint density at radius 2 is 1.62 bits per heavy atom. The summed E-state index contributed by atoms with van der Waals surface area (Å²) in [5.74, 6) is -0.455. The van der Waals surface area contributed by atoms with E-state index in [4.69, 9.17) is 9.47 Å². The number of carbonyl (C=O) groups excluding carboxylic acids is 3. The lowest BCUT2D eigenvalue weighted by Gasteiger charge is -2.11. The fourth-order valence-electron chi connectivity index (χ4n) is 2.98. The van der Waals surface area contributed by atoms with Crippen molar-refractivity contribution in [2.75, 3.05) is 11.9 Å². The van der Waals surface area contributed by atoms with E-state index in [1.165, 1.54) is 0 Å². The summed E-state index contributed by atoms with van der Waals surface area (Å²) >= 11 is 0. The number of nitrogens with one attached hydrogen (secondary N) is 2. The standard InChI is InChI=1S/C25H22N2O5/c28-23(26-19-8-6-7-17(15-19)24(29)27-18-13-14-18)16-31-25(30)21-11-4-5-12-22(21)32-20-9-2-1-3-10-20/h1-12,15,18H,13-14,16H2,(H,26,28)(H,27,29). The summed E-state index contributed by atoms with van der Waals surface area (Å²) in [5.41, 5.74) is 1.11. The molecule has 2 amide bonds. The van der Waals surface area contributed by atoms with Crippen molar-refractivity contribution < 1.29 is 23.9 Å². The highest BCUT2D eigenvalue weighted by atomic mass is 16.5. The second kappa shape index (κ2) is 9.78. The van der Waals surface area contributed by atoms with Crippen LogP contribution in [0.5, 0.6) is 11.5 Å². The van der Waals surface area contributed by atoms with Gasteiger partial charge in [0.15, 0.2) is 6.61 Å². The van der Waals surface area contributed by atoms with E-state index in [-0.39, 0.29) is 17.5 Å². The second-order valence-corrected chi connectivity index (χ2v) is 7.36. The van der Waals surface area contributed by atoms with E-state index in [0.717, 1.165) is 12.8 Å². The summed E-state index contributed by atoms with van der Waals surface area (Å²) in [7, 11) is 0. The molecule has 1 fully saturated rings. The Morgan fingerprint density at radius 3 is 2.41 bits per heavy atom. The topological polar surface area (TPSA) is 93.7 Å². The minimum Gasteiger partial charge on any atom is -0.456 e. The molecule has 32 heavy (non-hydrogen) atoms. The van der Waals surface area contributed by atoms with E-state index < -0.39 is 18.5 Å². The first-order chi connectivity index (χ1) is 15.6. The maximum Gasteiger partial charge on any atom is 0.342 e. The Morgan fingerprint density at radius 1 is 0.875 bits per heavy atom. The Bertz CT molecular complexity index is 1130. The van der Waals surface area contributed by atoms with Gasteiger partial charge in [-0.25, -0.2) is 4.79 Å². The highest BCUT2D eigenvalue weighted by molar-refractivity contribution is 5.99. The van der Waals surface area contributed by atoms with Gasteiger partial charge in [-0.3, -0.25) is 9.59 Å². The quantitative estimate of drug-likeness (QED) is 0.523. The smallest absolute Gasteiger partial charge is 0.342 e. The van der Waals surface area contributed by atoms with Crippen LogP contribution in [-0.2, 0) is 9.53 Å². The molecule has 1 aliphatic rings. The predicted octanol–water partition coefficient (Wildman–Crippen LogP) is 4.17. The zero-order valence-corrected chi connectivity index (χ0v) is 17.2. The molecule has 7 nitrogen and oxygen atoms in total. The molecule has 0 heterocycles. The van der Waals surface area contributed by atoms with Crippen molar-refractivity contribution in [3.05, 3.63) is 90.0 Å². The number of benzene rings is 3. The summed E-state index contributed by atoms with van der Waals surface area (Å²) in [6.07, 6.45) is 1.99. The average Bonchev–Trinajstić information content (AvgIpc) is 3.63. The van der Waals surface area contributed by atoms with Crippen molar-refractivity contribution in [2.45, 2.75) is 18.9 Å². The monoisotopic (exact) mass is 430 g/mol. The third-order valence-electron chi connectivity index (χ3n) is 4.73. The van der Waals surface area contributed by atoms with Gasteiger partial charge in [0.1, 0.15) is 17.1 Å². The molecule has 0 radical (unpaired) electrons. The number of para-hydroxylation sites is 2. The molecule has 2 N–H and O–H groups in total. The van der Waals surface area contributed by atoms with E-state index >= 15 is 0 Å². The van der Waals surface area contributed by atoms with Crippen LogP contribution < -0.4 is 15.4 Å². The lowest BCUT2D eigenvalue weighted by molar-refractivity contribution is -0.119. The maximum atomic E-state index is 12.5. The summed E-state index contributed by atoms with van der Waals surface area (Å²) in [4.78, 5) is 37.0. The van der Waals surface area contributed by atoms with E-state index in [9.17, 15) is 14.4 Å². The van der Waals surface area contributed by atoms with Gasteiger partial charge in [0.25, 0.3) is 11.8 Å². The average molecular weight is 430 g/mol. The molecule has 4 rings (SSSR count). The Labute approximate surface area is 185 Å². The Hall–Kier alpha value is -4.13. The molecule has 7 heteroatoms. The van der Waals surface area contributed by atoms with Crippen LogP contribution in [0.15, 0.2) is 78.9 Å². The predicted molar refractivity (Wildman–Crippen MR) is 119 cm³/mol. The van der Waals surface area contributed by atoms with Crippen molar-refractivity contribution in [2.24, 2.45) is 0 Å². The van der Waals surface area contributed by atoms with Gasteiger partial charge in [-0.2, -0.15) is 0 Å². The summed E-state index contributed by atoms with van der Waals surface area (Å²) < 4.78 is 10.9. The van der Waals surface area contributed by atoms with Crippen LogP contribution in [0.25, 0.3) is 0 Å². The van der Waals surface area contributed by atoms with Crippen molar-refractivity contribution in [3.8, 4) is 11.5 Å². The molecule has 0 bridgehead atoms. The van der Waals surface area contributed by atoms with Crippen LogP contribution in [0.1, 0.15) is 33.6 Å². The van der Waals surface area contributed by atoms with Gasteiger partial charge in [0, 0.05) is 17.3 Å². The van der Waals surface area contributed by atoms with Crippen LogP contribution >= 0.6 is 0 Å². The Kier molecular flexibility index (Phi) is 6.46. The Balaban J connectivity index is 1.33. The molecule has 0 aliphatic heterocycles. The van der Waals surface area contributed by atoms with Crippen LogP contribution in [0.4, 0.5) is 5.69 Å². The zero-order chi connectivity index (χ0) is 22.3. The van der Waals surface area contributed by atoms with Gasteiger partial charge in [-0.15, -0.1) is 0 Å². The largest absolute Gasteiger partial charge is 0.456 e. The van der Waals surface area contributed by atoms with E-state index in [1.54, 1.807) is 60.7 Å². The van der Waals surface area contributed by atoms with Gasteiger partial charge in [0.2, 0.25) is 0 Å². The molecule has 3 aromatic rings. The molecule has 1 saturated carbocycles. The fourth-order valence-corrected chi connectivity index (χ4v) is 2.98. The van der Waals surface area contributed by atoms with Crippen LogP contribution in [0.3, 0.4) is 0 Å². The molecule has 0 saturated heterocycles. The normalized spacial score (nSPS) is 12.5. The maximum absolute atomic E-state index is 12.5. The van der Waals surface area contributed by atoms with Crippen LogP contribution in [0.2, 0.25) is 0 Å². The van der Waals surface area contributed by atoms with Crippen molar-refractivity contribution in [1.29, 1.82) is 0 Å². The lowest BCUT2D eigenvalue weighted by Crippen LogP contribution is -2.25. The van der Waals surface area contributed by atoms with Gasteiger partial charge >= 0.3 is 5.97 Å². The first-order valence-electron chi connectivity index (χ1n) is 10.3. The number of hydrogen-bond donors (Lipinski definition) is 2. The van der Waals surface area contributed by atoms with Crippen molar-refractivity contribution >= 4 is 23.5 Å². The summed E-state index contributed by atoms with van der Waals surface area (Å²) in [5, 5.41) is 5.54. The van der Waals surface area contributed by atoms with Crippen LogP contribution in [-0.4, -0.2) is 30.4 Å². The second-order valence-electron chi connectivity index (χ2n) is 7.36. The van der Waals surface area contributed by atoms with Crippen molar-refractivity contribution in [1.82, 2.24) is 5.32 Å². The molecule has 3 aromatic carbocycles. The highest BCUT2D eigenvalue weighted by Crippen LogP contribution is 2.25. The molecule has 0 spiro atoms. The summed E-state index contributed by atoms with van der Waals surface area (Å²) in [6.45, 7) is -0.475. The van der Waals surface area contributed by atoms with Gasteiger partial charge in [-0.05, 0) is 55.3 Å². The minimum absolute atomic E-state index is 0.176. The number of carbonyl (C=O) groups is 3. The summed E-state index contributed by atoms with van der Waals surface area (Å²) in [6, 6.07) is 22.6. The van der Waals surface area contributed by atoms with E-state index in [0.29, 0.717) is 22.7 Å². The van der Waals surface area contributed by atoms with E-state index in [2.05, 4.69) is 10.6 Å². The molecule has 1 aliphatic carbocycles. The first-order valence-corrected chi connectivity index (χ1v) is 10.3. The number of rotatable bonds is 8. The third kappa shape index (κ3) is 5.72. The van der Waals surface area contributed by atoms with Crippen molar-refractivity contribution in [3.63, 3.8) is 0 Å². The molecule has 162 valence electrons. The first kappa shape index (κ1) is 21.1. The number of ether oxygens (including phenoxy) is 2. The van der Waals surface area contributed by atoms with Crippen LogP contribution in [0, 0.1) is 0 Å². The molecular weight excluding hydrogens is 408 g/mol. The minimum atomic E-state index is -0.677. The molecular formula is C25H22N2O5. The number of hydrogen-bond acceptors (Lipinski definition) is 5. The third-order valence-corrected chi connectivity index (χ3v) is 4.73. The lowest BCUT2D eigenvalue weighted by atomic mass is 10.2. The van der Waals surface area contributed by atoms with Gasteiger partial charge in [0.05, 0.1) is 0 Å². The number of anilines is 1. The van der Waals surface area contributed by atoms with E-state index in [1.807, 2.05) is 18.2 Å².